The number of benzene rings is 2. The van der Waals surface area contributed by atoms with Gasteiger partial charge in [0.1, 0.15) is 5.82 Å². The van der Waals surface area contributed by atoms with Crippen LogP contribution in [0.4, 0.5) is 4.39 Å². The molecule has 4 nitrogen and oxygen atoms in total. The zero-order valence-corrected chi connectivity index (χ0v) is 17.3. The van der Waals surface area contributed by atoms with Crippen LogP contribution in [0, 0.1) is 17.7 Å². The van der Waals surface area contributed by atoms with E-state index in [0.29, 0.717) is 30.1 Å². The monoisotopic (exact) mass is 407 g/mol. The first-order chi connectivity index (χ1) is 14.7. The molecule has 3 fully saturated rings. The number of nitrogens with zero attached hydrogens (tertiary/aromatic N) is 1. The Bertz CT molecular complexity index is 900. The number of hydrogen-bond donors (Lipinski definition) is 2. The van der Waals surface area contributed by atoms with Crippen molar-refractivity contribution in [3.05, 3.63) is 59.9 Å². The Morgan fingerprint density at radius 1 is 1.07 bits per heavy atom. The highest BCUT2D eigenvalue weighted by atomic mass is 19.1. The topological polar surface area (TPSA) is 44.4 Å². The van der Waals surface area contributed by atoms with E-state index in [4.69, 9.17) is 0 Å². The lowest BCUT2D eigenvalue weighted by Crippen LogP contribution is -2.65. The lowest BCUT2D eigenvalue weighted by molar-refractivity contribution is -0.0371. The molecule has 0 spiro atoms. The van der Waals surface area contributed by atoms with Gasteiger partial charge in [-0.3, -0.25) is 9.69 Å². The molecule has 2 aromatic carbocycles. The maximum Gasteiger partial charge on any atom is 0.251 e. The van der Waals surface area contributed by atoms with Crippen LogP contribution in [0.25, 0.3) is 11.1 Å². The van der Waals surface area contributed by atoms with Gasteiger partial charge in [-0.15, -0.1) is 0 Å². The fourth-order valence-electron chi connectivity index (χ4n) is 5.83. The Morgan fingerprint density at radius 3 is 2.77 bits per heavy atom. The molecule has 2 bridgehead atoms. The minimum Gasteiger partial charge on any atom is -0.350 e. The molecule has 3 aliphatic rings. The van der Waals surface area contributed by atoms with Crippen LogP contribution in [0.1, 0.15) is 36.0 Å². The first kappa shape index (κ1) is 19.7. The third kappa shape index (κ3) is 3.88. The van der Waals surface area contributed by atoms with Gasteiger partial charge in [0.2, 0.25) is 0 Å². The highest BCUT2D eigenvalue weighted by Crippen LogP contribution is 2.38. The Labute approximate surface area is 177 Å². The average Bonchev–Trinajstić information content (AvgIpc) is 2.80. The minimum absolute atomic E-state index is 0.0292. The molecule has 5 rings (SSSR count). The van der Waals surface area contributed by atoms with Gasteiger partial charge < -0.3 is 10.6 Å². The van der Waals surface area contributed by atoms with Crippen LogP contribution in [-0.4, -0.2) is 49.1 Å². The van der Waals surface area contributed by atoms with E-state index in [9.17, 15) is 9.18 Å². The van der Waals surface area contributed by atoms with Crippen molar-refractivity contribution in [2.75, 3.05) is 26.2 Å². The van der Waals surface area contributed by atoms with Gasteiger partial charge >= 0.3 is 0 Å². The second-order valence-electron chi connectivity index (χ2n) is 9.08. The molecule has 0 unspecified atom stereocenters. The second kappa shape index (κ2) is 8.48. The van der Waals surface area contributed by atoms with E-state index >= 15 is 0 Å². The van der Waals surface area contributed by atoms with Gasteiger partial charge in [0.15, 0.2) is 0 Å². The molecule has 1 amide bonds. The summed E-state index contributed by atoms with van der Waals surface area (Å²) in [7, 11) is 0. The lowest BCUT2D eigenvalue weighted by atomic mass is 9.73. The van der Waals surface area contributed by atoms with Gasteiger partial charge in [-0.2, -0.15) is 0 Å². The number of carbonyl (C=O) groups excluding carboxylic acids is 1. The number of nitrogens with one attached hydrogen (secondary N) is 2. The summed E-state index contributed by atoms with van der Waals surface area (Å²) in [4.78, 5) is 15.7. The largest absolute Gasteiger partial charge is 0.350 e. The number of fused-ring (bicyclic) bond motifs is 4. The van der Waals surface area contributed by atoms with Crippen molar-refractivity contribution in [1.29, 1.82) is 0 Å². The highest BCUT2D eigenvalue weighted by molar-refractivity contribution is 5.95. The normalized spacial score (nSPS) is 28.6. The molecule has 3 saturated heterocycles. The molecule has 0 aromatic heterocycles. The average molecular weight is 408 g/mol. The van der Waals surface area contributed by atoms with Gasteiger partial charge in [0.25, 0.3) is 5.91 Å². The second-order valence-corrected chi connectivity index (χ2v) is 9.08. The fourth-order valence-corrected chi connectivity index (χ4v) is 5.83. The van der Waals surface area contributed by atoms with Gasteiger partial charge in [0.05, 0.1) is 0 Å². The van der Waals surface area contributed by atoms with E-state index in [1.165, 1.54) is 37.8 Å². The van der Waals surface area contributed by atoms with Crippen molar-refractivity contribution in [3.8, 4) is 11.1 Å². The number of piperidine rings is 3. The summed E-state index contributed by atoms with van der Waals surface area (Å²) in [6, 6.07) is 15.1. The van der Waals surface area contributed by atoms with E-state index in [1.54, 1.807) is 12.1 Å². The van der Waals surface area contributed by atoms with Gasteiger partial charge in [0, 0.05) is 24.2 Å². The zero-order chi connectivity index (χ0) is 20.5. The molecular weight excluding hydrogens is 377 g/mol. The fraction of sp³-hybridized carbons (Fsp3) is 0.480. The summed E-state index contributed by atoms with van der Waals surface area (Å²) in [6.07, 6.45) is 5.18. The molecule has 3 aliphatic heterocycles. The zero-order valence-electron chi connectivity index (χ0n) is 17.3. The van der Waals surface area contributed by atoms with Crippen LogP contribution in [-0.2, 0) is 0 Å². The molecule has 0 saturated carbocycles. The molecule has 0 radical (unpaired) electrons. The van der Waals surface area contributed by atoms with Crippen LogP contribution in [0.5, 0.6) is 0 Å². The SMILES string of the molecule is O=C(NC[C@H]1[C@@H]2CNC[C@@H](C2)[C@@H]2CCCCN21)c1cccc(-c2ccc(F)cc2)c1. The molecule has 2 aromatic rings. The highest BCUT2D eigenvalue weighted by Gasteiger charge is 2.45. The number of rotatable bonds is 4. The first-order valence-corrected chi connectivity index (χ1v) is 11.3. The molecule has 3 heterocycles. The number of hydrogen-bond acceptors (Lipinski definition) is 3. The first-order valence-electron chi connectivity index (χ1n) is 11.3. The van der Waals surface area contributed by atoms with Gasteiger partial charge in [-0.05, 0) is 86.1 Å². The van der Waals surface area contributed by atoms with Gasteiger partial charge in [-0.1, -0.05) is 30.7 Å². The van der Waals surface area contributed by atoms with Crippen LogP contribution < -0.4 is 10.6 Å². The summed E-state index contributed by atoms with van der Waals surface area (Å²) in [5, 5.41) is 6.86. The lowest BCUT2D eigenvalue weighted by Gasteiger charge is -2.55. The van der Waals surface area contributed by atoms with Crippen molar-refractivity contribution in [2.45, 2.75) is 37.8 Å². The summed E-state index contributed by atoms with van der Waals surface area (Å²) < 4.78 is 13.2. The van der Waals surface area contributed by atoms with E-state index in [-0.39, 0.29) is 11.7 Å². The number of amides is 1. The maximum absolute atomic E-state index is 13.2. The summed E-state index contributed by atoms with van der Waals surface area (Å²) in [5.41, 5.74) is 2.49. The van der Waals surface area contributed by atoms with Crippen LogP contribution >= 0.6 is 0 Å². The molecule has 0 aliphatic carbocycles. The van der Waals surface area contributed by atoms with Crippen LogP contribution in [0.15, 0.2) is 48.5 Å². The third-order valence-corrected chi connectivity index (χ3v) is 7.30. The smallest absolute Gasteiger partial charge is 0.251 e. The molecule has 158 valence electrons. The van der Waals surface area contributed by atoms with E-state index in [1.807, 2.05) is 24.3 Å². The Hall–Kier alpha value is -2.24. The summed E-state index contributed by atoms with van der Waals surface area (Å²) in [6.45, 7) is 4.07. The maximum atomic E-state index is 13.2. The predicted octanol–water partition coefficient (Wildman–Crippen LogP) is 3.68. The van der Waals surface area contributed by atoms with Gasteiger partial charge in [-0.25, -0.2) is 4.39 Å². The van der Waals surface area contributed by atoms with Crippen LogP contribution in [0.2, 0.25) is 0 Å². The summed E-state index contributed by atoms with van der Waals surface area (Å²) >= 11 is 0. The summed E-state index contributed by atoms with van der Waals surface area (Å²) in [5.74, 6) is 1.10. The molecule has 30 heavy (non-hydrogen) atoms. The Kier molecular flexibility index (Phi) is 5.57. The number of halogens is 1. The van der Waals surface area contributed by atoms with Crippen molar-refractivity contribution >= 4 is 5.91 Å². The quantitative estimate of drug-likeness (QED) is 0.813. The van der Waals surface area contributed by atoms with Crippen LogP contribution in [0.3, 0.4) is 0 Å². The molecule has 4 atom stereocenters. The Morgan fingerprint density at radius 2 is 1.90 bits per heavy atom. The molecule has 2 N–H and O–H groups in total. The minimum atomic E-state index is -0.254. The molecule has 5 heteroatoms. The number of carbonyl (C=O) groups is 1. The Balaban J connectivity index is 1.28. The standard InChI is InChI=1S/C25H30FN3O/c26-22-9-7-17(8-10-22)18-4-3-5-19(12-18)25(30)28-16-24-21-13-20(14-27-15-21)23-6-1-2-11-29(23)24/h3-5,7-10,12,20-21,23-24,27H,1-2,6,11,13-16H2,(H,28,30)/t20-,21+,23+,24+/m1/s1. The van der Waals surface area contributed by atoms with E-state index < -0.39 is 0 Å². The van der Waals surface area contributed by atoms with E-state index in [0.717, 1.165) is 36.7 Å². The van der Waals surface area contributed by atoms with Crippen molar-refractivity contribution < 1.29 is 9.18 Å². The van der Waals surface area contributed by atoms with E-state index in [2.05, 4.69) is 15.5 Å². The third-order valence-electron chi connectivity index (χ3n) is 7.30. The van der Waals surface area contributed by atoms with Crippen molar-refractivity contribution in [1.82, 2.24) is 15.5 Å². The molecular formula is C25H30FN3O. The van der Waals surface area contributed by atoms with Crippen molar-refractivity contribution in [3.63, 3.8) is 0 Å². The predicted molar refractivity (Wildman–Crippen MR) is 117 cm³/mol. The van der Waals surface area contributed by atoms with Crippen molar-refractivity contribution in [2.24, 2.45) is 11.8 Å².